The van der Waals surface area contributed by atoms with Crippen molar-refractivity contribution in [3.05, 3.63) is 58.1 Å². The molecular formula is C18H17Cl2N3O3S2. The summed E-state index contributed by atoms with van der Waals surface area (Å²) < 4.78 is 26.5. The molecular weight excluding hydrogens is 441 g/mol. The molecule has 10 heteroatoms. The van der Waals surface area contributed by atoms with E-state index in [1.807, 2.05) is 0 Å². The van der Waals surface area contributed by atoms with Gasteiger partial charge in [0.2, 0.25) is 10.0 Å². The highest BCUT2D eigenvalue weighted by atomic mass is 35.5. The van der Waals surface area contributed by atoms with Crippen LogP contribution in [-0.2, 0) is 10.0 Å². The van der Waals surface area contributed by atoms with Crippen LogP contribution in [0.15, 0.2) is 47.4 Å². The van der Waals surface area contributed by atoms with E-state index in [2.05, 4.69) is 10.6 Å². The normalized spacial score (nSPS) is 14.6. The van der Waals surface area contributed by atoms with E-state index in [0.29, 0.717) is 23.8 Å². The first-order chi connectivity index (χ1) is 13.3. The Kier molecular flexibility index (Phi) is 6.57. The summed E-state index contributed by atoms with van der Waals surface area (Å²) >= 11 is 17.0. The van der Waals surface area contributed by atoms with Gasteiger partial charge in [0.25, 0.3) is 5.91 Å². The molecule has 0 aliphatic carbocycles. The van der Waals surface area contributed by atoms with Crippen molar-refractivity contribution in [1.29, 1.82) is 0 Å². The van der Waals surface area contributed by atoms with Gasteiger partial charge in [0.15, 0.2) is 5.11 Å². The summed E-state index contributed by atoms with van der Waals surface area (Å²) in [6, 6.07) is 10.7. The molecule has 1 heterocycles. The molecule has 0 bridgehead atoms. The van der Waals surface area contributed by atoms with Gasteiger partial charge in [-0.2, -0.15) is 4.31 Å². The van der Waals surface area contributed by atoms with E-state index in [1.54, 1.807) is 18.2 Å². The van der Waals surface area contributed by atoms with Crippen LogP contribution in [-0.4, -0.2) is 36.8 Å². The highest BCUT2D eigenvalue weighted by Crippen LogP contribution is 2.23. The van der Waals surface area contributed by atoms with E-state index in [0.717, 1.165) is 12.8 Å². The summed E-state index contributed by atoms with van der Waals surface area (Å²) in [6.07, 6.45) is 1.76. The Bertz CT molecular complexity index is 1010. The summed E-state index contributed by atoms with van der Waals surface area (Å²) in [6.45, 7) is 1.09. The Morgan fingerprint density at radius 1 is 1.04 bits per heavy atom. The highest BCUT2D eigenvalue weighted by molar-refractivity contribution is 7.89. The van der Waals surface area contributed by atoms with Crippen LogP contribution in [0.3, 0.4) is 0 Å². The zero-order valence-electron chi connectivity index (χ0n) is 14.6. The molecule has 1 saturated heterocycles. The van der Waals surface area contributed by atoms with Crippen LogP contribution < -0.4 is 10.6 Å². The number of sulfonamides is 1. The Balaban J connectivity index is 1.63. The lowest BCUT2D eigenvalue weighted by molar-refractivity contribution is 0.0978. The second-order valence-electron chi connectivity index (χ2n) is 6.17. The van der Waals surface area contributed by atoms with E-state index in [9.17, 15) is 13.2 Å². The van der Waals surface area contributed by atoms with Crippen molar-refractivity contribution in [3.8, 4) is 0 Å². The van der Waals surface area contributed by atoms with Crippen molar-refractivity contribution in [2.24, 2.45) is 0 Å². The van der Waals surface area contributed by atoms with Gasteiger partial charge < -0.3 is 5.32 Å². The maximum absolute atomic E-state index is 12.5. The largest absolute Gasteiger partial charge is 0.332 e. The molecule has 1 aliphatic rings. The number of thiocarbonyl (C=S) groups is 1. The third kappa shape index (κ3) is 4.82. The number of carbonyl (C=O) groups is 1. The lowest BCUT2D eigenvalue weighted by Gasteiger charge is -2.16. The first-order valence-electron chi connectivity index (χ1n) is 8.45. The number of carbonyl (C=O) groups excluding carboxylic acids is 1. The Hall–Kier alpha value is -1.71. The minimum Gasteiger partial charge on any atom is -0.332 e. The van der Waals surface area contributed by atoms with Crippen LogP contribution in [0.2, 0.25) is 10.0 Å². The number of benzene rings is 2. The average Bonchev–Trinajstić information content (AvgIpc) is 3.17. The summed E-state index contributed by atoms with van der Waals surface area (Å²) in [4.78, 5) is 12.5. The summed E-state index contributed by atoms with van der Waals surface area (Å²) in [7, 11) is -3.47. The molecule has 0 unspecified atom stereocenters. The minimum absolute atomic E-state index is 0.0613. The number of hydrogen-bond acceptors (Lipinski definition) is 4. The lowest BCUT2D eigenvalue weighted by Crippen LogP contribution is -2.34. The van der Waals surface area contributed by atoms with Crippen LogP contribution in [0.4, 0.5) is 5.69 Å². The number of nitrogens with zero attached hydrogens (tertiary/aromatic N) is 1. The van der Waals surface area contributed by atoms with Gasteiger partial charge >= 0.3 is 0 Å². The fourth-order valence-electron chi connectivity index (χ4n) is 2.79. The monoisotopic (exact) mass is 457 g/mol. The third-order valence-corrected chi connectivity index (χ3v) is 6.88. The quantitative estimate of drug-likeness (QED) is 0.680. The predicted molar refractivity (Wildman–Crippen MR) is 115 cm³/mol. The molecule has 0 atom stereocenters. The van der Waals surface area contributed by atoms with Crippen LogP contribution in [0.1, 0.15) is 23.2 Å². The van der Waals surface area contributed by atoms with E-state index in [1.165, 1.54) is 28.6 Å². The third-order valence-electron chi connectivity index (χ3n) is 4.22. The Morgan fingerprint density at radius 3 is 2.29 bits per heavy atom. The standard InChI is InChI=1S/C18H17Cl2N3O3S2/c19-12-3-8-15(16(20)11-12)17(24)22-18(27)21-13-4-6-14(7-5-13)28(25,26)23-9-1-2-10-23/h3-8,11H,1-2,9-10H2,(H2,21,22,24,27). The molecule has 6 nitrogen and oxygen atoms in total. The first-order valence-corrected chi connectivity index (χ1v) is 11.1. The molecule has 0 spiro atoms. The van der Waals surface area contributed by atoms with E-state index in [-0.39, 0.29) is 20.6 Å². The highest BCUT2D eigenvalue weighted by Gasteiger charge is 2.26. The fourth-order valence-corrected chi connectivity index (χ4v) is 5.02. The van der Waals surface area contributed by atoms with Gasteiger partial charge in [-0.25, -0.2) is 8.42 Å². The van der Waals surface area contributed by atoms with E-state index in [4.69, 9.17) is 35.4 Å². The maximum Gasteiger partial charge on any atom is 0.258 e. The van der Waals surface area contributed by atoms with E-state index >= 15 is 0 Å². The molecule has 2 N–H and O–H groups in total. The molecule has 1 amide bonds. The molecule has 28 heavy (non-hydrogen) atoms. The summed E-state index contributed by atoms with van der Waals surface area (Å²) in [5.41, 5.74) is 0.787. The SMILES string of the molecule is O=C(NC(=S)Nc1ccc(S(=O)(=O)N2CCCC2)cc1)c1ccc(Cl)cc1Cl. The number of anilines is 1. The van der Waals surface area contributed by atoms with Gasteiger partial charge in [-0.05, 0) is 67.5 Å². The molecule has 3 rings (SSSR count). The number of hydrogen-bond donors (Lipinski definition) is 2. The van der Waals surface area contributed by atoms with Crippen LogP contribution >= 0.6 is 35.4 Å². The van der Waals surface area contributed by atoms with Crippen molar-refractivity contribution in [2.75, 3.05) is 18.4 Å². The van der Waals surface area contributed by atoms with E-state index < -0.39 is 15.9 Å². The van der Waals surface area contributed by atoms with Gasteiger partial charge in [0.05, 0.1) is 15.5 Å². The Labute approximate surface area is 178 Å². The van der Waals surface area contributed by atoms with Gasteiger partial charge in [0.1, 0.15) is 0 Å². The molecule has 148 valence electrons. The number of rotatable bonds is 4. The van der Waals surface area contributed by atoms with Crippen molar-refractivity contribution in [1.82, 2.24) is 9.62 Å². The fraction of sp³-hybridized carbons (Fsp3) is 0.222. The van der Waals surface area contributed by atoms with Gasteiger partial charge in [0, 0.05) is 23.8 Å². The van der Waals surface area contributed by atoms with Crippen LogP contribution in [0, 0.1) is 0 Å². The van der Waals surface area contributed by atoms with Crippen molar-refractivity contribution in [3.63, 3.8) is 0 Å². The lowest BCUT2D eigenvalue weighted by atomic mass is 10.2. The van der Waals surface area contributed by atoms with Gasteiger partial charge in [-0.3, -0.25) is 10.1 Å². The minimum atomic E-state index is -3.47. The van der Waals surface area contributed by atoms with Crippen LogP contribution in [0.25, 0.3) is 0 Å². The Morgan fingerprint density at radius 2 is 1.68 bits per heavy atom. The molecule has 2 aromatic carbocycles. The van der Waals surface area contributed by atoms with Crippen molar-refractivity contribution >= 4 is 62.2 Å². The maximum atomic E-state index is 12.5. The number of amides is 1. The molecule has 0 radical (unpaired) electrons. The van der Waals surface area contributed by atoms with Gasteiger partial charge in [-0.1, -0.05) is 23.2 Å². The van der Waals surface area contributed by atoms with Crippen molar-refractivity contribution in [2.45, 2.75) is 17.7 Å². The zero-order valence-corrected chi connectivity index (χ0v) is 17.8. The molecule has 1 fully saturated rings. The molecule has 0 aromatic heterocycles. The molecule has 0 saturated carbocycles. The second-order valence-corrected chi connectivity index (χ2v) is 9.36. The van der Waals surface area contributed by atoms with Gasteiger partial charge in [-0.15, -0.1) is 0 Å². The van der Waals surface area contributed by atoms with Crippen molar-refractivity contribution < 1.29 is 13.2 Å². The summed E-state index contributed by atoms with van der Waals surface area (Å²) in [5, 5.41) is 6.06. The molecule has 1 aliphatic heterocycles. The second kappa shape index (κ2) is 8.75. The summed E-state index contributed by atoms with van der Waals surface area (Å²) in [5.74, 6) is -0.479. The smallest absolute Gasteiger partial charge is 0.258 e. The predicted octanol–water partition coefficient (Wildman–Crippen LogP) is 3.90. The molecule has 2 aromatic rings. The topological polar surface area (TPSA) is 78.5 Å². The van der Waals surface area contributed by atoms with Crippen LogP contribution in [0.5, 0.6) is 0 Å². The zero-order chi connectivity index (χ0) is 20.3. The number of nitrogens with one attached hydrogen (secondary N) is 2. The number of halogens is 2. The average molecular weight is 458 g/mol. The first kappa shape index (κ1) is 21.0.